The molecule has 5 aromatic carbocycles. The molecule has 1 heterocycles. The minimum Gasteiger partial charge on any atom is -0.289 e. The van der Waals surface area contributed by atoms with E-state index in [-0.39, 0.29) is 23.5 Å². The molecule has 0 bridgehead atoms. The molecule has 26 heteroatoms. The fraction of sp³-hybridized carbons (Fsp3) is 0.0250. The van der Waals surface area contributed by atoms with Crippen LogP contribution in [0.15, 0.2) is 66.3 Å². The van der Waals surface area contributed by atoms with Gasteiger partial charge in [-0.2, -0.15) is 15.1 Å². The highest BCUT2D eigenvalue weighted by atomic mass is 19.2. The molecule has 5 nitrogen and oxygen atoms in total. The zero-order chi connectivity index (χ0) is 49.4. The molecular weight excluding hydrogens is 943 g/mol. The zero-order valence-electron chi connectivity index (χ0n) is 31.2. The van der Waals surface area contributed by atoms with Gasteiger partial charge in [0.15, 0.2) is 94.5 Å². The summed E-state index contributed by atoms with van der Waals surface area (Å²) in [5.74, 6) is -71.7. The van der Waals surface area contributed by atoms with Crippen LogP contribution in [0.5, 0.6) is 0 Å². The quantitative estimate of drug-likeness (QED) is 0.0233. The first-order valence-electron chi connectivity index (χ1n) is 17.1. The van der Waals surface area contributed by atoms with Crippen molar-refractivity contribution in [1.29, 1.82) is 10.5 Å². The second-order valence-corrected chi connectivity index (χ2v) is 13.0. The Hall–Kier alpha value is -7.77. The van der Waals surface area contributed by atoms with E-state index in [1.165, 1.54) is 0 Å². The minimum atomic E-state index is -7.22. The summed E-state index contributed by atoms with van der Waals surface area (Å²) < 4.78 is 296. The number of Topliss-reactive ketones (excluding diaryl/α,β-unsaturated/α-hetero) is 1. The maximum absolute atomic E-state index is 15.4. The lowest BCUT2D eigenvalue weighted by atomic mass is 9.12. The minimum absolute atomic E-state index is 0.146. The molecule has 6 aromatic rings. The largest absolute Gasteiger partial charge is 0.289 e. The first kappa shape index (κ1) is 49.3. The summed E-state index contributed by atoms with van der Waals surface area (Å²) in [6.07, 6.45) is -0.730. The van der Waals surface area contributed by atoms with E-state index in [4.69, 9.17) is 10.5 Å². The lowest BCUT2D eigenvalue weighted by Gasteiger charge is -2.44. The van der Waals surface area contributed by atoms with Gasteiger partial charge in [-0.05, 0) is 0 Å². The van der Waals surface area contributed by atoms with Crippen molar-refractivity contribution in [3.8, 4) is 12.1 Å². The van der Waals surface area contributed by atoms with Crippen LogP contribution in [-0.4, -0.2) is 16.9 Å². The van der Waals surface area contributed by atoms with Crippen LogP contribution < -0.4 is 26.4 Å². The number of carbonyl (C=O) groups is 1. The van der Waals surface area contributed by atoms with Crippen molar-refractivity contribution in [3.05, 3.63) is 188 Å². The fourth-order valence-electron chi connectivity index (χ4n) is 6.70. The molecule has 0 spiro atoms. The molecule has 0 amide bonds. The van der Waals surface area contributed by atoms with Gasteiger partial charge < -0.3 is 0 Å². The third-order valence-corrected chi connectivity index (χ3v) is 9.57. The Kier molecular flexibility index (Phi) is 14.0. The molecule has 1 aromatic heterocycles. The van der Waals surface area contributed by atoms with Gasteiger partial charge >= 0.3 is 0 Å². The van der Waals surface area contributed by atoms with Gasteiger partial charge in [0.1, 0.15) is 70.4 Å². The standard InChI is InChI=1S/C24BF20.C16H11N4O/c26-5-1(6(27)14(35)21(42)13(5)34)25(2-7(28)15(36)22(43)16(37)8(2)29,3-9(30)17(38)23(44)18(39)10(3)31)4-11(32)19(40)24(45)20(41)12(4)33;17-10-14(11-18)15(12-20-8-6-19-7-9-20)16(21)13-4-2-1-3-5-13/h;1-9H,12H2/q-1;+1. The van der Waals surface area contributed by atoms with Crippen LogP contribution in [0.4, 0.5) is 87.8 Å². The van der Waals surface area contributed by atoms with Crippen molar-refractivity contribution in [2.75, 3.05) is 0 Å². The molecule has 0 radical (unpaired) electrons. The maximum atomic E-state index is 15.4. The lowest BCUT2D eigenvalue weighted by molar-refractivity contribution is -0.688. The number of benzene rings is 5. The van der Waals surface area contributed by atoms with Crippen LogP contribution in [0.3, 0.4) is 0 Å². The molecule has 0 aliphatic heterocycles. The number of allylic oxidation sites excluding steroid dienone is 2. The number of nitriles is 2. The van der Waals surface area contributed by atoms with E-state index in [2.05, 4.69) is 4.98 Å². The number of hydrogen-bond donors (Lipinski definition) is 0. The Balaban J connectivity index is 0.000000324. The summed E-state index contributed by atoms with van der Waals surface area (Å²) in [7, 11) is 0. The van der Waals surface area contributed by atoms with E-state index in [9.17, 15) is 57.5 Å². The highest BCUT2D eigenvalue weighted by molar-refractivity contribution is 7.20. The third-order valence-electron chi connectivity index (χ3n) is 9.57. The van der Waals surface area contributed by atoms with E-state index >= 15 is 35.1 Å². The van der Waals surface area contributed by atoms with Crippen LogP contribution >= 0.6 is 0 Å². The first-order chi connectivity index (χ1) is 31.0. The van der Waals surface area contributed by atoms with Gasteiger partial charge in [-0.1, -0.05) is 30.3 Å². The lowest BCUT2D eigenvalue weighted by Crippen LogP contribution is -2.81. The average Bonchev–Trinajstić information content (AvgIpc) is 3.32. The summed E-state index contributed by atoms with van der Waals surface area (Å²) in [4.78, 5) is 16.4. The molecule has 340 valence electrons. The first-order valence-corrected chi connectivity index (χ1v) is 17.1. The Morgan fingerprint density at radius 3 is 0.955 bits per heavy atom. The van der Waals surface area contributed by atoms with Crippen molar-refractivity contribution in [2.45, 2.75) is 6.54 Å². The maximum Gasteiger partial charge on any atom is 0.200 e. The van der Waals surface area contributed by atoms with Crippen molar-refractivity contribution >= 4 is 33.8 Å². The number of hydrogen-bond acceptors (Lipinski definition) is 4. The summed E-state index contributed by atoms with van der Waals surface area (Å²) in [5, 5.41) is 18.1. The highest BCUT2D eigenvalue weighted by Gasteiger charge is 2.52. The molecule has 0 saturated heterocycles. The molecular formula is C40H11BF20N4O. The van der Waals surface area contributed by atoms with Crippen LogP contribution in [0.1, 0.15) is 10.4 Å². The highest BCUT2D eigenvalue weighted by Crippen LogP contribution is 2.31. The van der Waals surface area contributed by atoms with Crippen molar-refractivity contribution < 1.29 is 97.2 Å². The normalized spacial score (nSPS) is 11.1. The molecule has 0 atom stereocenters. The van der Waals surface area contributed by atoms with Gasteiger partial charge in [-0.25, -0.2) is 87.8 Å². The van der Waals surface area contributed by atoms with Crippen molar-refractivity contribution in [2.24, 2.45) is 0 Å². The predicted octanol–water partition coefficient (Wildman–Crippen LogP) is 7.44. The Bertz CT molecular complexity index is 2700. The number of halogens is 20. The summed E-state index contributed by atoms with van der Waals surface area (Å²) in [6, 6.07) is 12.2. The van der Waals surface area contributed by atoms with E-state index in [1.807, 2.05) is 0 Å². The number of aromatic nitrogens is 2. The average molecular weight is 954 g/mol. The smallest absolute Gasteiger partial charge is 0.200 e. The van der Waals surface area contributed by atoms with Crippen LogP contribution in [-0.2, 0) is 6.54 Å². The Morgan fingerprint density at radius 2 is 0.697 bits per heavy atom. The molecule has 6 rings (SSSR count). The van der Waals surface area contributed by atoms with Gasteiger partial charge in [0.05, 0.1) is 18.0 Å². The molecule has 0 saturated carbocycles. The Labute approximate surface area is 353 Å². The Morgan fingerprint density at radius 1 is 0.439 bits per heavy atom. The van der Waals surface area contributed by atoms with Crippen LogP contribution in [0.25, 0.3) is 0 Å². The number of carbonyl (C=O) groups excluding carboxylic acids is 1. The van der Waals surface area contributed by atoms with E-state index < -0.39 is 144 Å². The van der Waals surface area contributed by atoms with Crippen LogP contribution in [0.2, 0.25) is 0 Å². The van der Waals surface area contributed by atoms with Gasteiger partial charge in [0.25, 0.3) is 0 Å². The van der Waals surface area contributed by atoms with Gasteiger partial charge in [-0.15, -0.1) is 21.9 Å². The molecule has 0 N–H and O–H groups in total. The van der Waals surface area contributed by atoms with Crippen molar-refractivity contribution in [3.63, 3.8) is 0 Å². The topological polar surface area (TPSA) is 81.4 Å². The molecule has 0 fully saturated rings. The second-order valence-electron chi connectivity index (χ2n) is 13.0. The van der Waals surface area contributed by atoms with Gasteiger partial charge in [0.2, 0.25) is 0 Å². The fourth-order valence-corrected chi connectivity index (χ4v) is 6.70. The summed E-state index contributed by atoms with van der Waals surface area (Å²) in [5.41, 5.74) is -13.9. The predicted molar refractivity (Wildman–Crippen MR) is 183 cm³/mol. The van der Waals surface area contributed by atoms with Crippen LogP contribution in [0, 0.1) is 139 Å². The number of ketones is 1. The molecule has 66 heavy (non-hydrogen) atoms. The zero-order valence-corrected chi connectivity index (χ0v) is 31.2. The van der Waals surface area contributed by atoms with Gasteiger partial charge in [0, 0.05) is 5.56 Å². The number of nitrogens with zero attached hydrogens (tertiary/aromatic N) is 4. The molecule has 0 aliphatic rings. The third kappa shape index (κ3) is 7.81. The second kappa shape index (κ2) is 18.8. The monoisotopic (exact) mass is 954 g/mol. The molecule has 0 aliphatic carbocycles. The van der Waals surface area contributed by atoms with Gasteiger partial charge in [-0.3, -0.25) is 9.78 Å². The van der Waals surface area contributed by atoms with E-state index in [0.717, 1.165) is 0 Å². The van der Waals surface area contributed by atoms with Crippen molar-refractivity contribution in [1.82, 2.24) is 4.98 Å². The summed E-state index contributed by atoms with van der Waals surface area (Å²) in [6.45, 7) is 0.146. The van der Waals surface area contributed by atoms with E-state index in [1.54, 1.807) is 71.8 Å². The van der Waals surface area contributed by atoms with E-state index in [0.29, 0.717) is 5.56 Å². The SMILES string of the molecule is Fc1c(F)c(F)c([B-](c2c(F)c(F)c(F)c(F)c2F)(c2c(F)c(F)c(F)c(F)c2F)c2c(F)c(F)c(F)c(F)c2F)c(F)c1F.N#CC(C#N)=C(C[n+]1ccncc1)C(=O)c1ccccc1. The molecule has 0 unspecified atom stereocenters. The number of rotatable bonds is 8. The summed E-state index contributed by atoms with van der Waals surface area (Å²) >= 11 is 0.